The number of aliphatic hydroxyl groups is 1. The zero-order chi connectivity index (χ0) is 20.4. The summed E-state index contributed by atoms with van der Waals surface area (Å²) in [5.41, 5.74) is -1.07. The van der Waals surface area contributed by atoms with Crippen LogP contribution in [0.4, 0.5) is 0 Å². The first-order valence-corrected chi connectivity index (χ1v) is 14.2. The van der Waals surface area contributed by atoms with Crippen LogP contribution in [-0.4, -0.2) is 44.0 Å². The van der Waals surface area contributed by atoms with Crippen LogP contribution in [0.1, 0.15) is 61.3 Å². The van der Waals surface area contributed by atoms with Crippen molar-refractivity contribution in [1.29, 1.82) is 0 Å². The topological polar surface area (TPSA) is 65.0 Å². The van der Waals surface area contributed by atoms with Gasteiger partial charge in [-0.3, -0.25) is 4.57 Å². The van der Waals surface area contributed by atoms with E-state index in [1.165, 1.54) is 0 Å². The molecular weight excluding hydrogens is 367 g/mol. The normalized spacial score (nSPS) is 17.5. The highest BCUT2D eigenvalue weighted by atomic mass is 31.2. The monoisotopic (exact) mass is 408 g/mol. The molecule has 0 fully saturated rings. The maximum absolute atomic E-state index is 12.9. The molecule has 5 nitrogen and oxygen atoms in total. The number of hydrogen-bond acceptors (Lipinski definition) is 5. The molecule has 2 unspecified atom stereocenters. The molecule has 156 valence electrons. The van der Waals surface area contributed by atoms with Crippen molar-refractivity contribution in [2.75, 3.05) is 13.2 Å². The van der Waals surface area contributed by atoms with Crippen molar-refractivity contribution < 1.29 is 23.1 Å². The Labute approximate surface area is 162 Å². The Morgan fingerprint density at radius 1 is 1.12 bits per heavy atom. The van der Waals surface area contributed by atoms with Crippen LogP contribution in [0.25, 0.3) is 0 Å². The van der Waals surface area contributed by atoms with Crippen LogP contribution in [0.2, 0.25) is 18.1 Å². The molecule has 0 radical (unpaired) electrons. The quantitative estimate of drug-likeness (QED) is 0.212. The third-order valence-corrected chi connectivity index (χ3v) is 12.8. The third-order valence-electron chi connectivity index (χ3n) is 5.42. The molecule has 26 heavy (non-hydrogen) atoms. The first-order chi connectivity index (χ1) is 12.1. The van der Waals surface area contributed by atoms with Gasteiger partial charge in [-0.1, -0.05) is 26.8 Å². The van der Waals surface area contributed by atoms with E-state index in [2.05, 4.69) is 27.4 Å². The second-order valence-electron chi connectivity index (χ2n) is 7.08. The average Bonchev–Trinajstić information content (AvgIpc) is 2.64. The van der Waals surface area contributed by atoms with Crippen molar-refractivity contribution in [2.24, 2.45) is 0 Å². The highest BCUT2D eigenvalue weighted by molar-refractivity contribution is 7.54. The van der Waals surface area contributed by atoms with Gasteiger partial charge in [-0.15, -0.1) is 6.58 Å². The van der Waals surface area contributed by atoms with Gasteiger partial charge in [0.1, 0.15) is 0 Å². The molecule has 0 aliphatic heterocycles. The lowest BCUT2D eigenvalue weighted by Gasteiger charge is -2.39. The second-order valence-corrected chi connectivity index (χ2v) is 14.2. The molecule has 0 spiro atoms. The number of hydrogen-bond donors (Lipinski definition) is 1. The van der Waals surface area contributed by atoms with Crippen molar-refractivity contribution >= 4 is 15.9 Å². The minimum absolute atomic E-state index is 0.291. The molecule has 0 rings (SSSR count). The fourth-order valence-corrected chi connectivity index (χ4v) is 8.12. The summed E-state index contributed by atoms with van der Waals surface area (Å²) < 4.78 is 30.2. The van der Waals surface area contributed by atoms with Gasteiger partial charge in [-0.05, 0) is 58.7 Å². The minimum Gasteiger partial charge on any atom is -0.408 e. The van der Waals surface area contributed by atoms with Gasteiger partial charge in [0.05, 0.1) is 30.6 Å². The zero-order valence-electron chi connectivity index (χ0n) is 17.9. The highest BCUT2D eigenvalue weighted by Gasteiger charge is 2.40. The van der Waals surface area contributed by atoms with Gasteiger partial charge in [-0.2, -0.15) is 0 Å². The van der Waals surface area contributed by atoms with Crippen LogP contribution in [0.3, 0.4) is 0 Å². The predicted molar refractivity (Wildman–Crippen MR) is 112 cm³/mol. The van der Waals surface area contributed by atoms with Gasteiger partial charge in [0.25, 0.3) is 0 Å². The summed E-state index contributed by atoms with van der Waals surface area (Å²) in [5.74, 6) is 0. The smallest absolute Gasteiger partial charge is 0.336 e. The molecule has 0 aliphatic carbocycles. The van der Waals surface area contributed by atoms with Crippen molar-refractivity contribution in [3.8, 4) is 0 Å². The molecule has 0 heterocycles. The van der Waals surface area contributed by atoms with Crippen molar-refractivity contribution in [1.82, 2.24) is 0 Å². The average molecular weight is 409 g/mol. The molecule has 0 aromatic carbocycles. The summed E-state index contributed by atoms with van der Waals surface area (Å²) >= 11 is 0. The van der Waals surface area contributed by atoms with E-state index in [9.17, 15) is 9.67 Å². The van der Waals surface area contributed by atoms with E-state index >= 15 is 0 Å². The van der Waals surface area contributed by atoms with Gasteiger partial charge in [0, 0.05) is 0 Å². The summed E-state index contributed by atoms with van der Waals surface area (Å²) in [7, 11) is -5.12. The lowest BCUT2D eigenvalue weighted by molar-refractivity contribution is 0.0780. The zero-order valence-corrected chi connectivity index (χ0v) is 19.8. The Bertz CT molecular complexity index is 437. The van der Waals surface area contributed by atoms with Gasteiger partial charge in [0.15, 0.2) is 8.32 Å². The fourth-order valence-electron chi connectivity index (χ4n) is 3.17. The molecule has 7 heteroatoms. The summed E-state index contributed by atoms with van der Waals surface area (Å²) in [5, 5.41) is 10.6. The predicted octanol–water partition coefficient (Wildman–Crippen LogP) is 5.75. The van der Waals surface area contributed by atoms with E-state index in [1.54, 1.807) is 20.8 Å². The third kappa shape index (κ3) is 7.21. The van der Waals surface area contributed by atoms with Gasteiger partial charge < -0.3 is 18.6 Å². The Morgan fingerprint density at radius 3 is 1.92 bits per heavy atom. The summed E-state index contributed by atoms with van der Waals surface area (Å²) in [6.07, 6.45) is 2.13. The van der Waals surface area contributed by atoms with Crippen LogP contribution in [0.5, 0.6) is 0 Å². The van der Waals surface area contributed by atoms with E-state index < -0.39 is 33.3 Å². The van der Waals surface area contributed by atoms with Gasteiger partial charge in [0.2, 0.25) is 0 Å². The van der Waals surface area contributed by atoms with Crippen molar-refractivity contribution in [3.05, 3.63) is 12.7 Å². The molecular formula is C19H41O5PSi. The Balaban J connectivity index is 5.10. The summed E-state index contributed by atoms with van der Waals surface area (Å²) in [6, 6.07) is 3.19. The van der Waals surface area contributed by atoms with E-state index in [0.29, 0.717) is 26.1 Å². The summed E-state index contributed by atoms with van der Waals surface area (Å²) in [4.78, 5) is 0. The maximum atomic E-state index is 12.9. The number of rotatable bonds is 15. The van der Waals surface area contributed by atoms with Gasteiger partial charge in [-0.25, -0.2) is 0 Å². The molecule has 0 amide bonds. The maximum Gasteiger partial charge on any atom is 0.336 e. The molecule has 0 aliphatic rings. The first-order valence-electron chi connectivity index (χ1n) is 10.0. The van der Waals surface area contributed by atoms with E-state index in [1.807, 2.05) is 13.0 Å². The molecule has 3 atom stereocenters. The molecule has 1 N–H and O–H groups in total. The molecule has 0 aromatic rings. The summed E-state index contributed by atoms with van der Waals surface area (Å²) in [6.45, 7) is 18.4. The van der Waals surface area contributed by atoms with Crippen LogP contribution >= 0.6 is 7.60 Å². The van der Waals surface area contributed by atoms with Crippen LogP contribution < -0.4 is 0 Å². The van der Waals surface area contributed by atoms with Gasteiger partial charge >= 0.3 is 7.60 Å². The molecule has 0 aromatic heterocycles. The van der Waals surface area contributed by atoms with E-state index in [-0.39, 0.29) is 0 Å². The molecule has 0 bridgehead atoms. The minimum atomic E-state index is -3.32. The lowest BCUT2D eigenvalue weighted by atomic mass is 9.97. The molecule has 0 saturated carbocycles. The van der Waals surface area contributed by atoms with Crippen LogP contribution in [-0.2, 0) is 18.0 Å². The molecule has 0 saturated heterocycles. The van der Waals surface area contributed by atoms with E-state index in [4.69, 9.17) is 13.5 Å². The Morgan fingerprint density at radius 2 is 1.58 bits per heavy atom. The Kier molecular flexibility index (Phi) is 11.8. The fraction of sp³-hybridized carbons (Fsp3) is 0.895. The highest BCUT2D eigenvalue weighted by Crippen LogP contribution is 2.54. The standard InChI is InChI=1S/C19H41O5PSi/c1-9-19(8,24-26(12-4,13-5)14-6)16-15-18(20)17(7)25(21,22-10-2)23-11-3/h9,17-18,20H,1,10-16H2,2-8H3/t17?,18?,19-/m0/s1. The second kappa shape index (κ2) is 11.8. The van der Waals surface area contributed by atoms with E-state index in [0.717, 1.165) is 18.1 Å². The van der Waals surface area contributed by atoms with Crippen LogP contribution in [0.15, 0.2) is 12.7 Å². The Hall–Kier alpha value is 0.0269. The largest absolute Gasteiger partial charge is 0.408 e. The van der Waals surface area contributed by atoms with Crippen LogP contribution in [0, 0.1) is 0 Å². The number of aliphatic hydroxyl groups excluding tert-OH is 1. The van der Waals surface area contributed by atoms with Crippen molar-refractivity contribution in [2.45, 2.75) is 96.8 Å². The lowest BCUT2D eigenvalue weighted by Crippen LogP contribution is -2.45. The van der Waals surface area contributed by atoms with Crippen molar-refractivity contribution in [3.63, 3.8) is 0 Å². The first kappa shape index (κ1) is 26.0. The SMILES string of the molecule is C=C[C@@](C)(CCC(O)C(C)P(=O)(OCC)OCC)O[Si](CC)(CC)CC.